The molecule has 0 saturated heterocycles. The van der Waals surface area contributed by atoms with Crippen LogP contribution < -0.4 is 0 Å². The molecule has 1 aliphatic rings. The minimum atomic E-state index is -0.0932. The molecule has 0 radical (unpaired) electrons. The number of hydrogen-bond acceptors (Lipinski definition) is 2. The molecule has 0 heterocycles. The van der Waals surface area contributed by atoms with E-state index in [0.29, 0.717) is 0 Å². The fourth-order valence-corrected chi connectivity index (χ4v) is 2.03. The van der Waals surface area contributed by atoms with Crippen molar-refractivity contribution in [3.63, 3.8) is 0 Å². The van der Waals surface area contributed by atoms with Gasteiger partial charge in [-0.05, 0) is 37.3 Å². The van der Waals surface area contributed by atoms with E-state index in [1.807, 2.05) is 0 Å². The zero-order valence-corrected chi connectivity index (χ0v) is 7.79. The van der Waals surface area contributed by atoms with Crippen LogP contribution >= 0.6 is 0 Å². The summed E-state index contributed by atoms with van der Waals surface area (Å²) in [5, 5.41) is 3.17. The fourth-order valence-electron chi connectivity index (χ4n) is 2.03. The van der Waals surface area contributed by atoms with Gasteiger partial charge in [0.1, 0.15) is 6.04 Å². The summed E-state index contributed by atoms with van der Waals surface area (Å²) in [7, 11) is 0. The number of benzene rings is 1. The summed E-state index contributed by atoms with van der Waals surface area (Å²) in [5.74, 6) is 0. The quantitative estimate of drug-likeness (QED) is 0.603. The fraction of sp³-hybridized carbons (Fsp3) is 0.455. The van der Waals surface area contributed by atoms with Gasteiger partial charge in [-0.1, -0.05) is 28.9 Å². The lowest BCUT2D eigenvalue weighted by molar-refractivity contribution is 0.569. The van der Waals surface area contributed by atoms with E-state index in [1.165, 1.54) is 11.1 Å². The lowest BCUT2D eigenvalue weighted by Crippen LogP contribution is -2.07. The van der Waals surface area contributed by atoms with Gasteiger partial charge in [-0.2, -0.15) is 4.91 Å². The molecule has 0 saturated carbocycles. The van der Waals surface area contributed by atoms with Crippen molar-refractivity contribution in [3.8, 4) is 0 Å². The van der Waals surface area contributed by atoms with Crippen molar-refractivity contribution in [2.75, 3.05) is 0 Å². The van der Waals surface area contributed by atoms with Crippen molar-refractivity contribution in [1.29, 1.82) is 0 Å². The summed E-state index contributed by atoms with van der Waals surface area (Å²) < 4.78 is 0. The molecule has 0 fully saturated rings. The number of aryl methyl sites for hydroxylation is 2. The van der Waals surface area contributed by atoms with E-state index in [-0.39, 0.29) is 6.04 Å². The summed E-state index contributed by atoms with van der Waals surface area (Å²) >= 11 is 0. The van der Waals surface area contributed by atoms with Crippen LogP contribution in [0.1, 0.15) is 35.6 Å². The maximum absolute atomic E-state index is 10.6. The molecule has 0 spiro atoms. The molecule has 1 aromatic carbocycles. The first-order chi connectivity index (χ1) is 6.31. The molecule has 2 nitrogen and oxygen atoms in total. The van der Waals surface area contributed by atoms with Gasteiger partial charge in [0.25, 0.3) is 0 Å². The third-order valence-electron chi connectivity index (χ3n) is 2.71. The normalized spacial score (nSPS) is 20.8. The van der Waals surface area contributed by atoms with Crippen LogP contribution in [0.15, 0.2) is 23.4 Å². The SMILES string of the molecule is Cc1ccc2c(c1)CCCC2N=O. The third-order valence-corrected chi connectivity index (χ3v) is 2.71. The van der Waals surface area contributed by atoms with Gasteiger partial charge in [0.15, 0.2) is 0 Å². The highest BCUT2D eigenvalue weighted by molar-refractivity contribution is 5.35. The Labute approximate surface area is 77.9 Å². The molecule has 0 amide bonds. The second-order valence-electron chi connectivity index (χ2n) is 3.72. The number of nitrogens with zero attached hydrogens (tertiary/aromatic N) is 1. The van der Waals surface area contributed by atoms with Crippen molar-refractivity contribution in [3.05, 3.63) is 39.8 Å². The highest BCUT2D eigenvalue weighted by atomic mass is 16.3. The molecule has 2 rings (SSSR count). The minimum Gasteiger partial charge on any atom is -0.150 e. The molecule has 1 aliphatic carbocycles. The van der Waals surface area contributed by atoms with E-state index in [9.17, 15) is 4.91 Å². The zero-order valence-electron chi connectivity index (χ0n) is 7.79. The Morgan fingerprint density at radius 3 is 3.08 bits per heavy atom. The second-order valence-corrected chi connectivity index (χ2v) is 3.72. The molecule has 13 heavy (non-hydrogen) atoms. The van der Waals surface area contributed by atoms with Crippen LogP contribution in [0, 0.1) is 11.8 Å². The highest BCUT2D eigenvalue weighted by Crippen LogP contribution is 2.32. The lowest BCUT2D eigenvalue weighted by Gasteiger charge is -2.20. The summed E-state index contributed by atoms with van der Waals surface area (Å²) in [5.41, 5.74) is 3.73. The second kappa shape index (κ2) is 3.29. The Balaban J connectivity index is 2.45. The Morgan fingerprint density at radius 2 is 2.31 bits per heavy atom. The zero-order chi connectivity index (χ0) is 9.26. The Morgan fingerprint density at radius 1 is 1.46 bits per heavy atom. The maximum Gasteiger partial charge on any atom is 0.117 e. The highest BCUT2D eigenvalue weighted by Gasteiger charge is 2.20. The van der Waals surface area contributed by atoms with Crippen molar-refractivity contribution in [2.24, 2.45) is 5.18 Å². The average molecular weight is 175 g/mol. The first-order valence-corrected chi connectivity index (χ1v) is 4.73. The van der Waals surface area contributed by atoms with E-state index >= 15 is 0 Å². The molecular formula is C11H13NO. The summed E-state index contributed by atoms with van der Waals surface area (Å²) in [6.45, 7) is 2.08. The van der Waals surface area contributed by atoms with Gasteiger partial charge < -0.3 is 0 Å². The van der Waals surface area contributed by atoms with Gasteiger partial charge in [0.05, 0.1) is 0 Å². The predicted molar refractivity (Wildman–Crippen MR) is 52.7 cm³/mol. The third kappa shape index (κ3) is 1.48. The van der Waals surface area contributed by atoms with Crippen LogP contribution in [0.25, 0.3) is 0 Å². The first kappa shape index (κ1) is 8.42. The summed E-state index contributed by atoms with van der Waals surface area (Å²) in [6.07, 6.45) is 3.11. The van der Waals surface area contributed by atoms with Gasteiger partial charge in [-0.25, -0.2) is 0 Å². The Kier molecular flexibility index (Phi) is 2.13. The molecule has 0 aliphatic heterocycles. The van der Waals surface area contributed by atoms with Gasteiger partial charge in [0.2, 0.25) is 0 Å². The summed E-state index contributed by atoms with van der Waals surface area (Å²) in [6, 6.07) is 6.19. The number of rotatable bonds is 1. The van der Waals surface area contributed by atoms with Gasteiger partial charge in [0, 0.05) is 0 Å². The molecule has 1 aromatic rings. The molecule has 1 unspecified atom stereocenters. The molecule has 2 heteroatoms. The predicted octanol–water partition coefficient (Wildman–Crippen LogP) is 3.14. The first-order valence-electron chi connectivity index (χ1n) is 4.73. The van der Waals surface area contributed by atoms with E-state index in [4.69, 9.17) is 0 Å². The molecular weight excluding hydrogens is 162 g/mol. The monoisotopic (exact) mass is 175 g/mol. The smallest absolute Gasteiger partial charge is 0.117 e. The van der Waals surface area contributed by atoms with Crippen molar-refractivity contribution < 1.29 is 0 Å². The maximum atomic E-state index is 10.6. The summed E-state index contributed by atoms with van der Waals surface area (Å²) in [4.78, 5) is 10.6. The average Bonchev–Trinajstić information content (AvgIpc) is 2.16. The number of hydrogen-bond donors (Lipinski definition) is 0. The van der Waals surface area contributed by atoms with E-state index in [1.54, 1.807) is 0 Å². The minimum absolute atomic E-state index is 0.0932. The molecule has 0 N–H and O–H groups in total. The van der Waals surface area contributed by atoms with Crippen LogP contribution in [-0.4, -0.2) is 0 Å². The van der Waals surface area contributed by atoms with E-state index in [2.05, 4.69) is 30.3 Å². The number of fused-ring (bicyclic) bond motifs is 1. The van der Waals surface area contributed by atoms with Crippen LogP contribution in [0.2, 0.25) is 0 Å². The Bertz CT molecular complexity index is 333. The molecule has 68 valence electrons. The van der Waals surface area contributed by atoms with Crippen LogP contribution in [0.5, 0.6) is 0 Å². The van der Waals surface area contributed by atoms with Gasteiger partial charge in [-0.15, -0.1) is 0 Å². The standard InChI is InChI=1S/C11H13NO/c1-8-5-6-10-9(7-8)3-2-4-11(10)12-13/h5-7,11H,2-4H2,1H3. The van der Waals surface area contributed by atoms with Crippen LogP contribution in [-0.2, 0) is 6.42 Å². The van der Waals surface area contributed by atoms with Crippen LogP contribution in [0.4, 0.5) is 0 Å². The number of nitroso groups, excluding NO2 is 1. The van der Waals surface area contributed by atoms with E-state index < -0.39 is 0 Å². The van der Waals surface area contributed by atoms with E-state index in [0.717, 1.165) is 24.8 Å². The molecule has 0 aromatic heterocycles. The molecule has 1 atom stereocenters. The Hall–Kier alpha value is -1.18. The topological polar surface area (TPSA) is 29.4 Å². The van der Waals surface area contributed by atoms with Gasteiger partial charge >= 0.3 is 0 Å². The molecule has 0 bridgehead atoms. The van der Waals surface area contributed by atoms with Crippen molar-refractivity contribution >= 4 is 0 Å². The van der Waals surface area contributed by atoms with Crippen molar-refractivity contribution in [1.82, 2.24) is 0 Å². The lowest BCUT2D eigenvalue weighted by atomic mass is 9.87. The van der Waals surface area contributed by atoms with Gasteiger partial charge in [-0.3, -0.25) is 0 Å². The van der Waals surface area contributed by atoms with Crippen LogP contribution in [0.3, 0.4) is 0 Å². The largest absolute Gasteiger partial charge is 0.150 e. The van der Waals surface area contributed by atoms with Crippen molar-refractivity contribution in [2.45, 2.75) is 32.2 Å².